The molecule has 3 rings (SSSR count). The van der Waals surface area contributed by atoms with Crippen LogP contribution in [0, 0.1) is 0 Å². The molecule has 1 aromatic rings. The van der Waals surface area contributed by atoms with Crippen LogP contribution < -0.4 is 9.47 Å². The summed E-state index contributed by atoms with van der Waals surface area (Å²) in [4.78, 5) is 0.191. The third-order valence-corrected chi connectivity index (χ3v) is 5.49. The maximum absolute atomic E-state index is 12.6. The van der Waals surface area contributed by atoms with Crippen molar-refractivity contribution in [1.29, 1.82) is 0 Å². The van der Waals surface area contributed by atoms with Crippen LogP contribution in [0.1, 0.15) is 12.8 Å². The fraction of sp³-hybridized carbons (Fsp3) is 0.462. The van der Waals surface area contributed by atoms with Crippen LogP contribution in [0.4, 0.5) is 0 Å². The molecule has 0 aliphatic carbocycles. The molecular formula is C13H16N2O5S. The average Bonchev–Trinajstić information content (AvgIpc) is 2.54. The molecule has 0 bridgehead atoms. The highest BCUT2D eigenvalue weighted by Gasteiger charge is 2.29. The summed E-state index contributed by atoms with van der Waals surface area (Å²) in [7, 11) is -3.57. The second-order valence-corrected chi connectivity index (χ2v) is 6.81. The van der Waals surface area contributed by atoms with E-state index in [1.807, 2.05) is 0 Å². The zero-order valence-corrected chi connectivity index (χ0v) is 12.2. The zero-order chi connectivity index (χ0) is 14.9. The second kappa shape index (κ2) is 5.53. The predicted octanol–water partition coefficient (Wildman–Crippen LogP) is 1.07. The molecule has 0 amide bonds. The van der Waals surface area contributed by atoms with Gasteiger partial charge in [-0.1, -0.05) is 5.16 Å². The summed E-state index contributed by atoms with van der Waals surface area (Å²) in [5.41, 5.74) is 0.628. The summed E-state index contributed by atoms with van der Waals surface area (Å²) in [5.74, 6) is 1.02. The Morgan fingerprint density at radius 1 is 1.10 bits per heavy atom. The van der Waals surface area contributed by atoms with Crippen molar-refractivity contribution in [2.45, 2.75) is 17.7 Å². The Kier molecular flexibility index (Phi) is 3.73. The van der Waals surface area contributed by atoms with Crippen molar-refractivity contribution in [3.05, 3.63) is 18.2 Å². The van der Waals surface area contributed by atoms with Crippen molar-refractivity contribution < 1.29 is 23.1 Å². The SMILES string of the molecule is O=S(=O)(c1ccc2c(c1)OCCO2)N1CCC(=NO)CC1. The van der Waals surface area contributed by atoms with E-state index in [0.717, 1.165) is 0 Å². The highest BCUT2D eigenvalue weighted by Crippen LogP contribution is 2.33. The smallest absolute Gasteiger partial charge is 0.243 e. The molecule has 21 heavy (non-hydrogen) atoms. The minimum atomic E-state index is -3.57. The van der Waals surface area contributed by atoms with Gasteiger partial charge in [0.15, 0.2) is 11.5 Å². The fourth-order valence-electron chi connectivity index (χ4n) is 2.42. The van der Waals surface area contributed by atoms with Crippen LogP contribution in [0.15, 0.2) is 28.3 Å². The van der Waals surface area contributed by atoms with E-state index >= 15 is 0 Å². The lowest BCUT2D eigenvalue weighted by atomic mass is 10.1. The van der Waals surface area contributed by atoms with E-state index < -0.39 is 10.0 Å². The Morgan fingerprint density at radius 2 is 1.76 bits per heavy atom. The van der Waals surface area contributed by atoms with Crippen molar-refractivity contribution in [3.8, 4) is 11.5 Å². The van der Waals surface area contributed by atoms with Gasteiger partial charge < -0.3 is 14.7 Å². The van der Waals surface area contributed by atoms with E-state index in [1.54, 1.807) is 6.07 Å². The summed E-state index contributed by atoms with van der Waals surface area (Å²) in [6, 6.07) is 4.64. The number of benzene rings is 1. The molecule has 2 aliphatic rings. The summed E-state index contributed by atoms with van der Waals surface area (Å²) < 4.78 is 37.4. The van der Waals surface area contributed by atoms with Crippen LogP contribution in [0.3, 0.4) is 0 Å². The van der Waals surface area contributed by atoms with Crippen molar-refractivity contribution in [2.24, 2.45) is 5.16 Å². The van der Waals surface area contributed by atoms with Gasteiger partial charge in [-0.25, -0.2) is 8.42 Å². The number of hydrogen-bond acceptors (Lipinski definition) is 6. The fourth-order valence-corrected chi connectivity index (χ4v) is 3.88. The Labute approximate surface area is 122 Å². The van der Waals surface area contributed by atoms with Crippen LogP contribution >= 0.6 is 0 Å². The molecule has 1 aromatic carbocycles. The van der Waals surface area contributed by atoms with E-state index in [2.05, 4.69) is 5.16 Å². The van der Waals surface area contributed by atoms with E-state index in [0.29, 0.717) is 56.4 Å². The molecule has 1 fully saturated rings. The van der Waals surface area contributed by atoms with Crippen molar-refractivity contribution in [2.75, 3.05) is 26.3 Å². The van der Waals surface area contributed by atoms with Crippen LogP contribution in [0.2, 0.25) is 0 Å². The second-order valence-electron chi connectivity index (χ2n) is 4.88. The first-order chi connectivity index (χ1) is 10.1. The zero-order valence-electron chi connectivity index (χ0n) is 11.4. The number of nitrogens with zero attached hydrogens (tertiary/aromatic N) is 2. The van der Waals surface area contributed by atoms with Gasteiger partial charge in [0.05, 0.1) is 10.6 Å². The van der Waals surface area contributed by atoms with Crippen LogP contribution in [-0.4, -0.2) is 49.9 Å². The maximum atomic E-state index is 12.6. The number of sulfonamides is 1. The van der Waals surface area contributed by atoms with Crippen molar-refractivity contribution in [1.82, 2.24) is 4.31 Å². The van der Waals surface area contributed by atoms with E-state index in [4.69, 9.17) is 14.7 Å². The highest BCUT2D eigenvalue weighted by atomic mass is 32.2. The molecule has 7 nitrogen and oxygen atoms in total. The molecule has 1 N–H and O–H groups in total. The van der Waals surface area contributed by atoms with Gasteiger partial charge in [0, 0.05) is 32.0 Å². The molecule has 0 saturated carbocycles. The van der Waals surface area contributed by atoms with Gasteiger partial charge >= 0.3 is 0 Å². The lowest BCUT2D eigenvalue weighted by Crippen LogP contribution is -2.38. The Morgan fingerprint density at radius 3 is 2.43 bits per heavy atom. The van der Waals surface area contributed by atoms with Crippen LogP contribution in [0.5, 0.6) is 11.5 Å². The van der Waals surface area contributed by atoms with Gasteiger partial charge in [0.1, 0.15) is 13.2 Å². The van der Waals surface area contributed by atoms with E-state index in [1.165, 1.54) is 16.4 Å². The Bertz CT molecular complexity index is 661. The highest BCUT2D eigenvalue weighted by molar-refractivity contribution is 7.89. The molecule has 0 unspecified atom stereocenters. The van der Waals surface area contributed by atoms with Gasteiger partial charge in [-0.15, -0.1) is 0 Å². The minimum absolute atomic E-state index is 0.191. The molecule has 2 heterocycles. The number of oxime groups is 1. The lowest BCUT2D eigenvalue weighted by Gasteiger charge is -2.27. The standard InChI is InChI=1S/C13H16N2O5S/c16-14-10-3-5-15(6-4-10)21(17,18)11-1-2-12-13(9-11)20-8-7-19-12/h1-2,9,16H,3-8H2. The summed E-state index contributed by atoms with van der Waals surface area (Å²) in [5, 5.41) is 11.9. The van der Waals surface area contributed by atoms with Gasteiger partial charge in [-0.2, -0.15) is 4.31 Å². The number of hydrogen-bond donors (Lipinski definition) is 1. The van der Waals surface area contributed by atoms with Gasteiger partial charge in [0.2, 0.25) is 10.0 Å². The van der Waals surface area contributed by atoms with E-state index in [9.17, 15) is 8.42 Å². The predicted molar refractivity (Wildman–Crippen MR) is 74.6 cm³/mol. The lowest BCUT2D eigenvalue weighted by molar-refractivity contribution is 0.171. The molecule has 0 aromatic heterocycles. The first-order valence-electron chi connectivity index (χ1n) is 6.71. The molecule has 0 atom stereocenters. The topological polar surface area (TPSA) is 88.4 Å². The minimum Gasteiger partial charge on any atom is -0.486 e. The Balaban J connectivity index is 1.85. The molecular weight excluding hydrogens is 296 g/mol. The average molecular weight is 312 g/mol. The third-order valence-electron chi connectivity index (χ3n) is 3.59. The largest absolute Gasteiger partial charge is 0.486 e. The molecule has 114 valence electrons. The Hall–Kier alpha value is -1.80. The van der Waals surface area contributed by atoms with Gasteiger partial charge in [0.25, 0.3) is 0 Å². The maximum Gasteiger partial charge on any atom is 0.243 e. The van der Waals surface area contributed by atoms with Crippen molar-refractivity contribution >= 4 is 15.7 Å². The van der Waals surface area contributed by atoms with Crippen LogP contribution in [-0.2, 0) is 10.0 Å². The number of rotatable bonds is 2. The third kappa shape index (κ3) is 2.68. The summed E-state index contributed by atoms with van der Waals surface area (Å²) in [6.45, 7) is 1.51. The van der Waals surface area contributed by atoms with E-state index in [-0.39, 0.29) is 4.90 Å². The van der Waals surface area contributed by atoms with Gasteiger partial charge in [-0.05, 0) is 12.1 Å². The number of fused-ring (bicyclic) bond motifs is 1. The summed E-state index contributed by atoms with van der Waals surface area (Å²) in [6.07, 6.45) is 0.889. The number of piperidine rings is 1. The molecule has 2 aliphatic heterocycles. The normalized spacial score (nSPS) is 19.3. The van der Waals surface area contributed by atoms with Gasteiger partial charge in [-0.3, -0.25) is 0 Å². The monoisotopic (exact) mass is 312 g/mol. The molecule has 0 spiro atoms. The molecule has 0 radical (unpaired) electrons. The first kappa shape index (κ1) is 14.2. The summed E-state index contributed by atoms with van der Waals surface area (Å²) >= 11 is 0. The molecule has 1 saturated heterocycles. The van der Waals surface area contributed by atoms with Crippen molar-refractivity contribution in [3.63, 3.8) is 0 Å². The molecule has 8 heteroatoms. The first-order valence-corrected chi connectivity index (χ1v) is 8.15. The quantitative estimate of drug-likeness (QED) is 0.652. The number of ether oxygens (including phenoxy) is 2. The van der Waals surface area contributed by atoms with Crippen LogP contribution in [0.25, 0.3) is 0 Å².